The summed E-state index contributed by atoms with van der Waals surface area (Å²) in [5, 5.41) is 2.59. The molecule has 2 aromatic rings. The first-order valence-corrected chi connectivity index (χ1v) is 10.6. The lowest BCUT2D eigenvalue weighted by Crippen LogP contribution is -2.17. The van der Waals surface area contributed by atoms with Gasteiger partial charge in [-0.15, -0.1) is 0 Å². The molecule has 0 bridgehead atoms. The highest BCUT2D eigenvalue weighted by molar-refractivity contribution is 7.93. The maximum atomic E-state index is 13.5. The zero-order valence-corrected chi connectivity index (χ0v) is 15.0. The average molecular weight is 399 g/mol. The van der Waals surface area contributed by atoms with Crippen molar-refractivity contribution in [2.24, 2.45) is 0 Å². The van der Waals surface area contributed by atoms with Crippen LogP contribution in [-0.4, -0.2) is 29.0 Å². The van der Waals surface area contributed by atoms with E-state index < -0.39 is 25.9 Å². The number of carbonyl (C=O) groups is 1. The Morgan fingerprint density at radius 3 is 2.42 bits per heavy atom. The van der Waals surface area contributed by atoms with Crippen molar-refractivity contribution < 1.29 is 26.0 Å². The number of sulfonamides is 2. The number of anilines is 3. The second kappa shape index (κ2) is 6.25. The number of carbonyl (C=O) groups excluding carboxylic acids is 1. The van der Waals surface area contributed by atoms with Crippen LogP contribution in [0.2, 0.25) is 0 Å². The molecule has 8 nitrogen and oxygen atoms in total. The molecule has 0 spiro atoms. The molecule has 2 aromatic carbocycles. The summed E-state index contributed by atoms with van der Waals surface area (Å²) in [4.78, 5) is 11.2. The lowest BCUT2D eigenvalue weighted by atomic mass is 10.2. The Bertz CT molecular complexity index is 1110. The van der Waals surface area contributed by atoms with Crippen LogP contribution in [0.5, 0.6) is 0 Å². The highest BCUT2D eigenvalue weighted by Crippen LogP contribution is 2.29. The Labute approximate surface area is 149 Å². The van der Waals surface area contributed by atoms with Crippen LogP contribution in [-0.2, 0) is 31.3 Å². The molecular formula is C15H14FN3O5S2. The maximum absolute atomic E-state index is 13.5. The van der Waals surface area contributed by atoms with Gasteiger partial charge >= 0.3 is 0 Å². The predicted octanol–water partition coefficient (Wildman–Crippen LogP) is 1.49. The van der Waals surface area contributed by atoms with Gasteiger partial charge in [0.2, 0.25) is 15.9 Å². The van der Waals surface area contributed by atoms with Gasteiger partial charge in [-0.2, -0.15) is 0 Å². The van der Waals surface area contributed by atoms with E-state index in [1.807, 2.05) is 0 Å². The Morgan fingerprint density at radius 1 is 1.00 bits per heavy atom. The van der Waals surface area contributed by atoms with Crippen molar-refractivity contribution in [3.63, 3.8) is 0 Å². The van der Waals surface area contributed by atoms with Gasteiger partial charge in [0.15, 0.2) is 0 Å². The number of benzene rings is 2. The summed E-state index contributed by atoms with van der Waals surface area (Å²) < 4.78 is 65.8. The van der Waals surface area contributed by atoms with Crippen molar-refractivity contribution in [3.8, 4) is 0 Å². The van der Waals surface area contributed by atoms with E-state index in [9.17, 15) is 26.0 Å². The number of fused-ring (bicyclic) bond motifs is 1. The lowest BCUT2D eigenvalue weighted by molar-refractivity contribution is -0.115. The molecule has 0 fully saturated rings. The van der Waals surface area contributed by atoms with Crippen LogP contribution in [0.1, 0.15) is 5.56 Å². The van der Waals surface area contributed by atoms with Gasteiger partial charge in [-0.05, 0) is 35.9 Å². The van der Waals surface area contributed by atoms with E-state index in [0.29, 0.717) is 11.3 Å². The first kappa shape index (κ1) is 18.1. The van der Waals surface area contributed by atoms with Crippen LogP contribution >= 0.6 is 0 Å². The summed E-state index contributed by atoms with van der Waals surface area (Å²) in [6, 6.07) is 7.05. The first-order chi connectivity index (χ1) is 12.0. The number of amides is 1. The van der Waals surface area contributed by atoms with E-state index in [2.05, 4.69) is 14.8 Å². The average Bonchev–Trinajstić information content (AvgIpc) is 2.87. The molecule has 3 N–H and O–H groups in total. The molecule has 1 amide bonds. The van der Waals surface area contributed by atoms with E-state index in [1.54, 1.807) is 0 Å². The van der Waals surface area contributed by atoms with Crippen LogP contribution in [0, 0.1) is 5.82 Å². The number of nitrogens with one attached hydrogen (secondary N) is 3. The molecule has 3 rings (SSSR count). The van der Waals surface area contributed by atoms with Gasteiger partial charge < -0.3 is 5.32 Å². The van der Waals surface area contributed by atoms with Crippen LogP contribution in [0.3, 0.4) is 0 Å². The predicted molar refractivity (Wildman–Crippen MR) is 94.5 cm³/mol. The van der Waals surface area contributed by atoms with Gasteiger partial charge in [-0.1, -0.05) is 0 Å². The number of hydrogen-bond acceptors (Lipinski definition) is 5. The third-order valence-corrected chi connectivity index (χ3v) is 5.49. The smallest absolute Gasteiger partial charge is 0.261 e. The summed E-state index contributed by atoms with van der Waals surface area (Å²) in [5.74, 6) is -0.988. The van der Waals surface area contributed by atoms with Gasteiger partial charge in [-0.3, -0.25) is 14.2 Å². The SMILES string of the molecule is CS(=O)(=O)Nc1ccc(F)cc1NS(=O)(=O)c1ccc2c(c1)CC(=O)N2. The Balaban J connectivity index is 1.97. The molecule has 11 heteroatoms. The zero-order chi connectivity index (χ0) is 19.1. The number of hydrogen-bond donors (Lipinski definition) is 3. The third-order valence-electron chi connectivity index (χ3n) is 3.53. The number of halogens is 1. The fraction of sp³-hybridized carbons (Fsp3) is 0.133. The van der Waals surface area contributed by atoms with Gasteiger partial charge in [0.25, 0.3) is 10.0 Å². The molecule has 0 saturated heterocycles. The van der Waals surface area contributed by atoms with Crippen LogP contribution < -0.4 is 14.8 Å². The summed E-state index contributed by atoms with van der Waals surface area (Å²) in [6.07, 6.45) is 0.943. The van der Waals surface area contributed by atoms with Crippen LogP contribution in [0.25, 0.3) is 0 Å². The molecule has 1 aliphatic rings. The molecule has 0 radical (unpaired) electrons. The van der Waals surface area contributed by atoms with Gasteiger partial charge in [0, 0.05) is 11.8 Å². The Morgan fingerprint density at radius 2 is 1.73 bits per heavy atom. The summed E-state index contributed by atoms with van der Waals surface area (Å²) in [7, 11) is -7.84. The zero-order valence-electron chi connectivity index (χ0n) is 13.4. The lowest BCUT2D eigenvalue weighted by Gasteiger charge is -2.14. The second-order valence-electron chi connectivity index (χ2n) is 5.71. The minimum atomic E-state index is -4.14. The fourth-order valence-corrected chi connectivity index (χ4v) is 4.16. The highest BCUT2D eigenvalue weighted by Gasteiger charge is 2.23. The monoisotopic (exact) mass is 399 g/mol. The molecule has 26 heavy (non-hydrogen) atoms. The topological polar surface area (TPSA) is 121 Å². The second-order valence-corrected chi connectivity index (χ2v) is 9.14. The summed E-state index contributed by atoms with van der Waals surface area (Å²) >= 11 is 0. The van der Waals surface area contributed by atoms with E-state index in [4.69, 9.17) is 0 Å². The highest BCUT2D eigenvalue weighted by atomic mass is 32.2. The van der Waals surface area contributed by atoms with Crippen molar-refractivity contribution in [1.29, 1.82) is 0 Å². The molecule has 0 atom stereocenters. The molecule has 138 valence electrons. The molecule has 0 aromatic heterocycles. The van der Waals surface area contributed by atoms with Crippen molar-refractivity contribution in [3.05, 3.63) is 47.8 Å². The molecule has 0 aliphatic carbocycles. The van der Waals surface area contributed by atoms with Crippen molar-refractivity contribution in [1.82, 2.24) is 0 Å². The van der Waals surface area contributed by atoms with Gasteiger partial charge in [0.1, 0.15) is 5.82 Å². The standard InChI is InChI=1S/C15H14FN3O5S2/c1-25(21,22)18-13-4-2-10(16)8-14(13)19-26(23,24)11-3-5-12-9(6-11)7-15(20)17-12/h2-6,8,18-19H,7H2,1H3,(H,17,20). The summed E-state index contributed by atoms with van der Waals surface area (Å²) in [6.45, 7) is 0. The van der Waals surface area contributed by atoms with Gasteiger partial charge in [-0.25, -0.2) is 21.2 Å². The molecule has 1 heterocycles. The van der Waals surface area contributed by atoms with Crippen molar-refractivity contribution >= 4 is 43.0 Å². The maximum Gasteiger partial charge on any atom is 0.261 e. The minimum absolute atomic E-state index is 0.0551. The molecule has 0 saturated carbocycles. The largest absolute Gasteiger partial charge is 0.326 e. The van der Waals surface area contributed by atoms with E-state index in [-0.39, 0.29) is 28.6 Å². The molecule has 1 aliphatic heterocycles. The molecule has 0 unspecified atom stereocenters. The Kier molecular flexibility index (Phi) is 4.36. The van der Waals surface area contributed by atoms with Gasteiger partial charge in [0.05, 0.1) is 28.9 Å². The van der Waals surface area contributed by atoms with Crippen molar-refractivity contribution in [2.75, 3.05) is 21.0 Å². The Hall–Kier alpha value is -2.66. The summed E-state index contributed by atoms with van der Waals surface area (Å²) in [5.41, 5.74) is 0.673. The first-order valence-electron chi connectivity index (χ1n) is 7.26. The van der Waals surface area contributed by atoms with Crippen LogP contribution in [0.4, 0.5) is 21.5 Å². The number of rotatable bonds is 5. The van der Waals surface area contributed by atoms with Crippen LogP contribution in [0.15, 0.2) is 41.3 Å². The third kappa shape index (κ3) is 3.94. The van der Waals surface area contributed by atoms with E-state index >= 15 is 0 Å². The fourth-order valence-electron chi connectivity index (χ4n) is 2.47. The normalized spacial score (nSPS) is 13.8. The van der Waals surface area contributed by atoms with Crippen molar-refractivity contribution in [2.45, 2.75) is 11.3 Å². The quantitative estimate of drug-likeness (QED) is 0.703. The minimum Gasteiger partial charge on any atom is -0.326 e. The molecular weight excluding hydrogens is 385 g/mol. The van der Waals surface area contributed by atoms with E-state index in [0.717, 1.165) is 24.5 Å². The van der Waals surface area contributed by atoms with E-state index in [1.165, 1.54) is 18.2 Å².